The van der Waals surface area contributed by atoms with E-state index in [0.717, 1.165) is 30.4 Å². The number of aromatic nitrogens is 2. The van der Waals surface area contributed by atoms with E-state index in [1.807, 2.05) is 55.5 Å². The number of imidazole rings is 1. The molecule has 0 aliphatic heterocycles. The third-order valence-corrected chi connectivity index (χ3v) is 5.10. The summed E-state index contributed by atoms with van der Waals surface area (Å²) in [6, 6.07) is 15.3. The summed E-state index contributed by atoms with van der Waals surface area (Å²) >= 11 is 0. The van der Waals surface area contributed by atoms with Gasteiger partial charge < -0.3 is 9.88 Å². The van der Waals surface area contributed by atoms with Crippen LogP contribution in [-0.2, 0) is 18.8 Å². The minimum atomic E-state index is -3.88. The zero-order valence-electron chi connectivity index (χ0n) is 16.3. The number of anilines is 1. The molecule has 9 nitrogen and oxygen atoms in total. The molecule has 30 heavy (non-hydrogen) atoms. The molecule has 0 radical (unpaired) electrons. The lowest BCUT2D eigenvalue weighted by atomic mass is 10.2. The van der Waals surface area contributed by atoms with Crippen molar-refractivity contribution in [3.63, 3.8) is 0 Å². The van der Waals surface area contributed by atoms with Crippen LogP contribution in [0.2, 0.25) is 0 Å². The molecule has 1 heterocycles. The van der Waals surface area contributed by atoms with Gasteiger partial charge in [0.1, 0.15) is 0 Å². The maximum absolute atomic E-state index is 11.2. The van der Waals surface area contributed by atoms with Crippen LogP contribution in [0.4, 0.5) is 17.3 Å². The number of nitrogens with zero attached hydrogens (tertiary/aromatic N) is 4. The molecule has 0 saturated heterocycles. The smallest absolute Gasteiger partial charge is 0.372 e. The largest absolute Gasteiger partial charge is 0.399 e. The van der Waals surface area contributed by atoms with Crippen LogP contribution in [0.1, 0.15) is 20.8 Å². The lowest BCUT2D eigenvalue weighted by Crippen LogP contribution is -2.25. The first-order chi connectivity index (χ1) is 14.0. The van der Waals surface area contributed by atoms with E-state index in [1.54, 1.807) is 0 Å². The number of aromatic amines is 1. The zero-order valence-corrected chi connectivity index (χ0v) is 17.1. The van der Waals surface area contributed by atoms with Gasteiger partial charge in [0.25, 0.3) is 0 Å². The van der Waals surface area contributed by atoms with Crippen LogP contribution in [-0.4, -0.2) is 45.2 Å². The molecule has 1 aromatic heterocycles. The molecule has 0 amide bonds. The van der Waals surface area contributed by atoms with Gasteiger partial charge in [-0.3, -0.25) is 4.18 Å². The Morgan fingerprint density at radius 1 is 1.10 bits per heavy atom. The van der Waals surface area contributed by atoms with Gasteiger partial charge in [-0.25, -0.2) is 9.17 Å². The SMILES string of the molecule is C.CCN(CCCOS(=O)(=O)OC)c1ccc(N=Nc2nc3ccccc3[nH]2)cc1. The quantitative estimate of drug-likeness (QED) is 0.365. The van der Waals surface area contributed by atoms with E-state index < -0.39 is 10.4 Å². The van der Waals surface area contributed by atoms with Gasteiger partial charge in [0.15, 0.2) is 0 Å². The van der Waals surface area contributed by atoms with Gasteiger partial charge in [-0.15, -0.1) is 10.2 Å². The van der Waals surface area contributed by atoms with E-state index in [2.05, 4.69) is 29.3 Å². The number of nitrogens with one attached hydrogen (secondary N) is 1. The number of para-hydroxylation sites is 2. The highest BCUT2D eigenvalue weighted by molar-refractivity contribution is 7.81. The predicted octanol–water partition coefficient (Wildman–Crippen LogP) is 4.74. The number of hydrogen-bond acceptors (Lipinski definition) is 8. The summed E-state index contributed by atoms with van der Waals surface area (Å²) < 4.78 is 31.3. The topological polar surface area (TPSA) is 109 Å². The highest BCUT2D eigenvalue weighted by Crippen LogP contribution is 2.22. The van der Waals surface area contributed by atoms with E-state index in [-0.39, 0.29) is 14.0 Å². The van der Waals surface area contributed by atoms with Crippen molar-refractivity contribution in [3.8, 4) is 0 Å². The van der Waals surface area contributed by atoms with Crippen molar-refractivity contribution in [2.75, 3.05) is 31.7 Å². The molecule has 162 valence electrons. The Bertz CT molecular complexity index is 1030. The summed E-state index contributed by atoms with van der Waals surface area (Å²) in [6.07, 6.45) is 0.546. The van der Waals surface area contributed by atoms with Crippen LogP contribution in [0.25, 0.3) is 11.0 Å². The summed E-state index contributed by atoms with van der Waals surface area (Å²) in [5.41, 5.74) is 3.47. The first-order valence-electron chi connectivity index (χ1n) is 9.17. The Labute approximate surface area is 177 Å². The van der Waals surface area contributed by atoms with Crippen molar-refractivity contribution < 1.29 is 16.8 Å². The summed E-state index contributed by atoms with van der Waals surface area (Å²) in [7, 11) is -2.81. The molecule has 0 fully saturated rings. The summed E-state index contributed by atoms with van der Waals surface area (Å²) in [6.45, 7) is 3.52. The lowest BCUT2D eigenvalue weighted by molar-refractivity contribution is 0.241. The summed E-state index contributed by atoms with van der Waals surface area (Å²) in [4.78, 5) is 9.58. The average molecular weight is 434 g/mol. The molecule has 0 spiro atoms. The number of fused-ring (bicyclic) bond motifs is 1. The van der Waals surface area contributed by atoms with Crippen LogP contribution < -0.4 is 4.90 Å². The van der Waals surface area contributed by atoms with Crippen molar-refractivity contribution in [1.82, 2.24) is 9.97 Å². The van der Waals surface area contributed by atoms with Crippen LogP contribution >= 0.6 is 0 Å². The average Bonchev–Trinajstić information content (AvgIpc) is 3.16. The maximum Gasteiger partial charge on any atom is 0.399 e. The third-order valence-electron chi connectivity index (χ3n) is 4.24. The number of H-pyrrole nitrogens is 1. The van der Waals surface area contributed by atoms with Gasteiger partial charge in [0, 0.05) is 18.8 Å². The standard InChI is InChI=1S/C19H23N5O4S.CH4/c1-3-24(13-6-14-28-29(25,26)27-2)16-11-9-15(10-12-16)22-23-19-20-17-7-4-5-8-18(17)21-19;/h4-5,7-12H,3,6,13-14H2,1-2H3,(H,20,21);1H4. The zero-order chi connectivity index (χ0) is 20.7. The van der Waals surface area contributed by atoms with Crippen molar-refractivity contribution in [2.45, 2.75) is 20.8 Å². The Morgan fingerprint density at radius 3 is 2.50 bits per heavy atom. The molecule has 0 aliphatic rings. The molecule has 2 aromatic carbocycles. The molecular formula is C20H27N5O4S. The van der Waals surface area contributed by atoms with Crippen LogP contribution in [0.5, 0.6) is 0 Å². The molecule has 10 heteroatoms. The highest BCUT2D eigenvalue weighted by Gasteiger charge is 2.09. The molecule has 0 saturated carbocycles. The molecular weight excluding hydrogens is 406 g/mol. The number of rotatable bonds is 10. The predicted molar refractivity (Wildman–Crippen MR) is 118 cm³/mol. The molecule has 0 unspecified atom stereocenters. The Kier molecular flexibility index (Phi) is 8.46. The van der Waals surface area contributed by atoms with Crippen molar-refractivity contribution in [1.29, 1.82) is 0 Å². The second-order valence-electron chi connectivity index (χ2n) is 6.12. The van der Waals surface area contributed by atoms with Gasteiger partial charge >= 0.3 is 10.4 Å². The van der Waals surface area contributed by atoms with E-state index in [4.69, 9.17) is 4.18 Å². The van der Waals surface area contributed by atoms with Gasteiger partial charge in [-0.2, -0.15) is 8.42 Å². The lowest BCUT2D eigenvalue weighted by Gasteiger charge is -2.23. The minimum absolute atomic E-state index is 0. The number of hydrogen-bond donors (Lipinski definition) is 1. The Hall–Kier alpha value is -2.82. The van der Waals surface area contributed by atoms with Gasteiger partial charge in [-0.1, -0.05) is 19.6 Å². The fraction of sp³-hybridized carbons (Fsp3) is 0.350. The van der Waals surface area contributed by atoms with E-state index in [1.165, 1.54) is 0 Å². The summed E-state index contributed by atoms with van der Waals surface area (Å²) in [5.74, 6) is 0.455. The molecule has 3 rings (SSSR count). The van der Waals surface area contributed by atoms with Gasteiger partial charge in [0.2, 0.25) is 5.95 Å². The van der Waals surface area contributed by atoms with E-state index in [9.17, 15) is 8.42 Å². The monoisotopic (exact) mass is 433 g/mol. The molecule has 3 aromatic rings. The fourth-order valence-electron chi connectivity index (χ4n) is 2.76. The molecule has 0 aliphatic carbocycles. The van der Waals surface area contributed by atoms with Crippen LogP contribution in [0.3, 0.4) is 0 Å². The first kappa shape index (κ1) is 23.5. The number of azo groups is 1. The first-order valence-corrected chi connectivity index (χ1v) is 10.5. The maximum atomic E-state index is 11.2. The second kappa shape index (κ2) is 10.8. The summed E-state index contributed by atoms with van der Waals surface area (Å²) in [5, 5.41) is 8.38. The van der Waals surface area contributed by atoms with Crippen LogP contribution in [0.15, 0.2) is 58.8 Å². The molecule has 0 atom stereocenters. The molecule has 1 N–H and O–H groups in total. The van der Waals surface area contributed by atoms with E-state index in [0.29, 0.717) is 24.6 Å². The fourth-order valence-corrected chi connectivity index (χ4v) is 3.17. The van der Waals surface area contributed by atoms with E-state index >= 15 is 0 Å². The van der Waals surface area contributed by atoms with Gasteiger partial charge in [-0.05, 0) is 49.7 Å². The Balaban J connectivity index is 0.00000320. The van der Waals surface area contributed by atoms with Crippen molar-refractivity contribution in [3.05, 3.63) is 48.5 Å². The normalized spacial score (nSPS) is 11.7. The highest BCUT2D eigenvalue weighted by atomic mass is 32.3. The second-order valence-corrected chi connectivity index (χ2v) is 7.51. The Morgan fingerprint density at radius 2 is 1.83 bits per heavy atom. The minimum Gasteiger partial charge on any atom is -0.372 e. The van der Waals surface area contributed by atoms with Crippen molar-refractivity contribution in [2.24, 2.45) is 10.2 Å². The van der Waals surface area contributed by atoms with Crippen LogP contribution in [0, 0.1) is 0 Å². The third kappa shape index (κ3) is 6.34. The molecule has 0 bridgehead atoms. The van der Waals surface area contributed by atoms with Gasteiger partial charge in [0.05, 0.1) is 30.4 Å². The van der Waals surface area contributed by atoms with Crippen molar-refractivity contribution >= 4 is 38.8 Å². The number of benzene rings is 2.